The van der Waals surface area contributed by atoms with E-state index >= 15 is 0 Å². The number of hydrogen-bond donors (Lipinski definition) is 2. The van der Waals surface area contributed by atoms with Crippen LogP contribution in [0.25, 0.3) is 0 Å². The van der Waals surface area contributed by atoms with Crippen molar-refractivity contribution in [1.82, 2.24) is 4.90 Å². The van der Waals surface area contributed by atoms with Gasteiger partial charge in [-0.25, -0.2) is 0 Å². The second-order valence-electron chi connectivity index (χ2n) is 3.65. The maximum atomic E-state index is 7.58. The molecule has 3 nitrogen and oxygen atoms in total. The van der Waals surface area contributed by atoms with Crippen LogP contribution in [0.3, 0.4) is 0 Å². The van der Waals surface area contributed by atoms with E-state index in [1.807, 2.05) is 7.05 Å². The Balaban J connectivity index is 2.58. The first-order chi connectivity index (χ1) is 5.09. The van der Waals surface area contributed by atoms with E-state index in [1.165, 1.54) is 0 Å². The molecule has 0 aromatic carbocycles. The summed E-state index contributed by atoms with van der Waals surface area (Å²) in [6.07, 6.45) is 0.867. The van der Waals surface area contributed by atoms with Gasteiger partial charge >= 0.3 is 0 Å². The Kier molecular flexibility index (Phi) is 2.62. The molecule has 0 aliphatic carbocycles. The highest BCUT2D eigenvalue weighted by Gasteiger charge is 2.21. The number of nitrogens with two attached hydrogens (primary N) is 1. The summed E-state index contributed by atoms with van der Waals surface area (Å²) in [6, 6.07) is 0.239. The molecule has 1 unspecified atom stereocenters. The molecule has 0 spiro atoms. The molecule has 11 heavy (non-hydrogen) atoms. The molecular formula is C8H17N3. The first-order valence-electron chi connectivity index (χ1n) is 4.10. The Morgan fingerprint density at radius 1 is 1.64 bits per heavy atom. The molecular weight excluding hydrogens is 138 g/mol. The molecule has 0 radical (unpaired) electrons. The molecule has 0 aromatic heterocycles. The van der Waals surface area contributed by atoms with E-state index in [9.17, 15) is 0 Å². The first-order valence-corrected chi connectivity index (χ1v) is 4.10. The third kappa shape index (κ3) is 2.27. The first kappa shape index (κ1) is 8.68. The van der Waals surface area contributed by atoms with Gasteiger partial charge in [0.05, 0.1) is 0 Å². The fourth-order valence-corrected chi connectivity index (χ4v) is 1.53. The fraction of sp³-hybridized carbons (Fsp3) is 0.875. The van der Waals surface area contributed by atoms with Crippen molar-refractivity contribution in [1.29, 1.82) is 5.41 Å². The fourth-order valence-electron chi connectivity index (χ4n) is 1.53. The molecule has 3 N–H and O–H groups in total. The Hall–Kier alpha value is -0.410. The molecule has 0 amide bonds. The van der Waals surface area contributed by atoms with E-state index < -0.39 is 0 Å². The molecule has 0 saturated carbocycles. The molecule has 64 valence electrons. The predicted molar refractivity (Wildman–Crippen MR) is 47.0 cm³/mol. The van der Waals surface area contributed by atoms with Crippen molar-refractivity contribution in [2.75, 3.05) is 20.1 Å². The predicted octanol–water partition coefficient (Wildman–Crippen LogP) is 0.305. The van der Waals surface area contributed by atoms with Crippen molar-refractivity contribution in [3.8, 4) is 0 Å². The van der Waals surface area contributed by atoms with Crippen LogP contribution < -0.4 is 5.73 Å². The van der Waals surface area contributed by atoms with Crippen LogP contribution in [0.5, 0.6) is 0 Å². The summed E-state index contributed by atoms with van der Waals surface area (Å²) in [7, 11) is 2.02. The molecule has 0 aromatic rings. The van der Waals surface area contributed by atoms with Crippen LogP contribution in [0.1, 0.15) is 13.3 Å². The van der Waals surface area contributed by atoms with Crippen LogP contribution >= 0.6 is 0 Å². The molecule has 1 rings (SSSR count). The van der Waals surface area contributed by atoms with Crippen LogP contribution in [0.2, 0.25) is 0 Å². The summed E-state index contributed by atoms with van der Waals surface area (Å²) >= 11 is 0. The second-order valence-corrected chi connectivity index (χ2v) is 3.65. The zero-order chi connectivity index (χ0) is 8.43. The highest BCUT2D eigenvalue weighted by atomic mass is 15.1. The number of rotatable bonds is 0. The average molecular weight is 155 g/mol. The lowest BCUT2D eigenvalue weighted by Crippen LogP contribution is -2.37. The van der Waals surface area contributed by atoms with E-state index in [0.29, 0.717) is 5.92 Å². The maximum Gasteiger partial charge on any atom is 0.0358 e. The Morgan fingerprint density at radius 2 is 2.27 bits per heavy atom. The smallest absolute Gasteiger partial charge is 0.0358 e. The molecule has 1 aliphatic heterocycles. The number of likely N-dealkylation sites (tertiary alicyclic amines) is 1. The van der Waals surface area contributed by atoms with E-state index in [0.717, 1.165) is 25.2 Å². The normalized spacial score (nSPS) is 35.4. The Labute approximate surface area is 68.1 Å². The zero-order valence-electron chi connectivity index (χ0n) is 7.30. The van der Waals surface area contributed by atoms with Gasteiger partial charge in [0.1, 0.15) is 0 Å². The van der Waals surface area contributed by atoms with Gasteiger partial charge in [-0.15, -0.1) is 0 Å². The number of nitrogens with zero attached hydrogens (tertiary/aromatic N) is 1. The van der Waals surface area contributed by atoms with Crippen molar-refractivity contribution in [3.05, 3.63) is 0 Å². The van der Waals surface area contributed by atoms with E-state index in [-0.39, 0.29) is 6.04 Å². The number of nitrogens with one attached hydrogen (secondary N) is 1. The minimum absolute atomic E-state index is 0.239. The minimum Gasteiger partial charge on any atom is -0.326 e. The van der Waals surface area contributed by atoms with Gasteiger partial charge in [0.25, 0.3) is 0 Å². The standard InChI is InChI=1S/C8H17N3/c1-6-3-7(9)4-11(2)5-8(6)10/h6,8-9H,3-5,10H2,1-2H3/t6-,8?/m0/s1. The van der Waals surface area contributed by atoms with Crippen molar-refractivity contribution in [3.63, 3.8) is 0 Å². The molecule has 1 saturated heterocycles. The van der Waals surface area contributed by atoms with Crippen LogP contribution in [0, 0.1) is 11.3 Å². The maximum absolute atomic E-state index is 7.58. The van der Waals surface area contributed by atoms with Crippen molar-refractivity contribution < 1.29 is 0 Å². The zero-order valence-corrected chi connectivity index (χ0v) is 7.30. The lowest BCUT2D eigenvalue weighted by atomic mass is 9.98. The van der Waals surface area contributed by atoms with E-state index in [1.54, 1.807) is 0 Å². The summed E-state index contributed by atoms with van der Waals surface area (Å²) < 4.78 is 0. The topological polar surface area (TPSA) is 53.1 Å². The third-order valence-corrected chi connectivity index (χ3v) is 2.28. The Morgan fingerprint density at radius 3 is 2.91 bits per heavy atom. The lowest BCUT2D eigenvalue weighted by molar-refractivity contribution is 0.327. The average Bonchev–Trinajstić information content (AvgIpc) is 1.93. The summed E-state index contributed by atoms with van der Waals surface area (Å²) in [5, 5.41) is 7.58. The second kappa shape index (κ2) is 3.32. The van der Waals surface area contributed by atoms with Gasteiger partial charge in [-0.3, -0.25) is 4.90 Å². The molecule has 3 heteroatoms. The third-order valence-electron chi connectivity index (χ3n) is 2.28. The SMILES string of the molecule is C[C@H]1CC(=N)CN(C)CC1N. The quantitative estimate of drug-likeness (QED) is 0.529. The highest BCUT2D eigenvalue weighted by Crippen LogP contribution is 2.12. The molecule has 1 heterocycles. The van der Waals surface area contributed by atoms with Gasteiger partial charge in [-0.2, -0.15) is 0 Å². The molecule has 2 atom stereocenters. The van der Waals surface area contributed by atoms with Gasteiger partial charge in [0.2, 0.25) is 0 Å². The van der Waals surface area contributed by atoms with Gasteiger partial charge in [0.15, 0.2) is 0 Å². The van der Waals surface area contributed by atoms with Gasteiger partial charge in [-0.05, 0) is 19.4 Å². The van der Waals surface area contributed by atoms with Gasteiger partial charge < -0.3 is 11.1 Å². The van der Waals surface area contributed by atoms with Crippen molar-refractivity contribution in [2.45, 2.75) is 19.4 Å². The van der Waals surface area contributed by atoms with Crippen LogP contribution in [-0.4, -0.2) is 36.8 Å². The summed E-state index contributed by atoms with van der Waals surface area (Å²) in [6.45, 7) is 3.83. The minimum atomic E-state index is 0.239. The van der Waals surface area contributed by atoms with Crippen LogP contribution in [0.15, 0.2) is 0 Å². The highest BCUT2D eigenvalue weighted by molar-refractivity contribution is 5.83. The van der Waals surface area contributed by atoms with E-state index in [2.05, 4.69) is 11.8 Å². The van der Waals surface area contributed by atoms with E-state index in [4.69, 9.17) is 11.1 Å². The molecule has 1 fully saturated rings. The Bertz CT molecular complexity index is 155. The van der Waals surface area contributed by atoms with Gasteiger partial charge in [0, 0.05) is 24.8 Å². The lowest BCUT2D eigenvalue weighted by Gasteiger charge is -2.18. The monoisotopic (exact) mass is 155 g/mol. The van der Waals surface area contributed by atoms with Crippen molar-refractivity contribution >= 4 is 5.71 Å². The summed E-state index contributed by atoms with van der Waals surface area (Å²) in [5.74, 6) is 0.465. The summed E-state index contributed by atoms with van der Waals surface area (Å²) in [5.41, 5.74) is 6.71. The van der Waals surface area contributed by atoms with Crippen LogP contribution in [-0.2, 0) is 0 Å². The number of likely N-dealkylation sites (N-methyl/N-ethyl adjacent to an activating group) is 1. The van der Waals surface area contributed by atoms with Gasteiger partial charge in [-0.1, -0.05) is 6.92 Å². The summed E-state index contributed by atoms with van der Waals surface area (Å²) in [4.78, 5) is 2.12. The molecule has 0 bridgehead atoms. The largest absolute Gasteiger partial charge is 0.326 e. The van der Waals surface area contributed by atoms with Crippen molar-refractivity contribution in [2.24, 2.45) is 11.7 Å². The number of hydrogen-bond acceptors (Lipinski definition) is 3. The molecule has 1 aliphatic rings. The van der Waals surface area contributed by atoms with Crippen LogP contribution in [0.4, 0.5) is 0 Å².